The van der Waals surface area contributed by atoms with E-state index in [4.69, 9.17) is 21.4 Å². The summed E-state index contributed by atoms with van der Waals surface area (Å²) < 4.78 is 25.5. The number of benzene rings is 2. The molecule has 168 valence electrons. The Morgan fingerprint density at radius 2 is 1.91 bits per heavy atom. The molecule has 1 aliphatic heterocycles. The highest BCUT2D eigenvalue weighted by molar-refractivity contribution is 8.27. The lowest BCUT2D eigenvalue weighted by molar-refractivity contribution is -0.113. The molecule has 3 aromatic rings. The summed E-state index contributed by atoms with van der Waals surface area (Å²) in [6.07, 6.45) is 3.38. The summed E-state index contributed by atoms with van der Waals surface area (Å²) in [7, 11) is 0. The summed E-state index contributed by atoms with van der Waals surface area (Å²) in [6, 6.07) is 16.4. The number of para-hydroxylation sites is 1. The monoisotopic (exact) mass is 481 g/mol. The van der Waals surface area contributed by atoms with Gasteiger partial charge in [0.15, 0.2) is 4.32 Å². The molecule has 0 bridgehead atoms. The molecular formula is C25H20FNO4S2. The maximum absolute atomic E-state index is 14.2. The minimum absolute atomic E-state index is 0.122. The average molecular weight is 482 g/mol. The van der Waals surface area contributed by atoms with Crippen LogP contribution in [0.5, 0.6) is 0 Å². The van der Waals surface area contributed by atoms with Gasteiger partial charge in [0.05, 0.1) is 22.8 Å². The van der Waals surface area contributed by atoms with Crippen molar-refractivity contribution in [3.63, 3.8) is 0 Å². The van der Waals surface area contributed by atoms with E-state index in [2.05, 4.69) is 0 Å². The van der Waals surface area contributed by atoms with Crippen LogP contribution in [-0.4, -0.2) is 22.8 Å². The van der Waals surface area contributed by atoms with Gasteiger partial charge in [-0.15, -0.1) is 0 Å². The normalized spacial score (nSPS) is 14.8. The van der Waals surface area contributed by atoms with E-state index in [1.165, 1.54) is 17.0 Å². The fourth-order valence-electron chi connectivity index (χ4n) is 3.19. The van der Waals surface area contributed by atoms with Crippen LogP contribution < -0.4 is 4.90 Å². The number of thioether (sulfide) groups is 1. The number of hydrogen-bond donors (Lipinski definition) is 0. The van der Waals surface area contributed by atoms with Crippen molar-refractivity contribution < 1.29 is 23.1 Å². The van der Waals surface area contributed by atoms with E-state index < -0.39 is 11.7 Å². The Balaban J connectivity index is 1.49. The number of ether oxygens (including phenoxy) is 1. The van der Waals surface area contributed by atoms with E-state index in [1.54, 1.807) is 54.6 Å². The number of rotatable bonds is 7. The molecule has 8 heteroatoms. The summed E-state index contributed by atoms with van der Waals surface area (Å²) in [6.45, 7) is 2.44. The number of carbonyl (C=O) groups is 2. The Bertz CT molecular complexity index is 1230. The van der Waals surface area contributed by atoms with Crippen molar-refractivity contribution >= 4 is 51.9 Å². The van der Waals surface area contributed by atoms with Gasteiger partial charge in [-0.05, 0) is 42.8 Å². The largest absolute Gasteiger partial charge is 0.462 e. The van der Waals surface area contributed by atoms with Crippen molar-refractivity contribution in [2.75, 3.05) is 11.5 Å². The first-order chi connectivity index (χ1) is 16.0. The van der Waals surface area contributed by atoms with Crippen molar-refractivity contribution in [3.8, 4) is 11.3 Å². The number of amides is 1. The molecule has 0 N–H and O–H groups in total. The van der Waals surface area contributed by atoms with E-state index in [-0.39, 0.29) is 16.0 Å². The maximum Gasteiger partial charge on any atom is 0.338 e. The molecule has 0 radical (unpaired) electrons. The van der Waals surface area contributed by atoms with Crippen LogP contribution in [0.15, 0.2) is 70.0 Å². The summed E-state index contributed by atoms with van der Waals surface area (Å²) >= 11 is 6.38. The van der Waals surface area contributed by atoms with Gasteiger partial charge in [-0.3, -0.25) is 9.69 Å². The second-order valence-corrected chi connectivity index (χ2v) is 8.91. The van der Waals surface area contributed by atoms with E-state index in [9.17, 15) is 14.0 Å². The molecule has 0 spiro atoms. The van der Waals surface area contributed by atoms with Crippen LogP contribution in [0, 0.1) is 5.82 Å². The molecular weight excluding hydrogens is 461 g/mol. The van der Waals surface area contributed by atoms with E-state index in [0.717, 1.165) is 30.2 Å². The highest BCUT2D eigenvalue weighted by atomic mass is 32.2. The smallest absolute Gasteiger partial charge is 0.338 e. The zero-order valence-electron chi connectivity index (χ0n) is 17.7. The summed E-state index contributed by atoms with van der Waals surface area (Å²) in [5.41, 5.74) is 1.37. The zero-order valence-corrected chi connectivity index (χ0v) is 19.4. The van der Waals surface area contributed by atoms with E-state index >= 15 is 0 Å². The minimum Gasteiger partial charge on any atom is -0.462 e. The molecule has 33 heavy (non-hydrogen) atoms. The van der Waals surface area contributed by atoms with Crippen molar-refractivity contribution in [2.45, 2.75) is 19.8 Å². The van der Waals surface area contributed by atoms with Crippen LogP contribution in [0.3, 0.4) is 0 Å². The second kappa shape index (κ2) is 10.1. The third kappa shape index (κ3) is 5.07. The van der Waals surface area contributed by atoms with Crippen LogP contribution in [0.2, 0.25) is 0 Å². The van der Waals surface area contributed by atoms with Gasteiger partial charge in [0.2, 0.25) is 0 Å². The van der Waals surface area contributed by atoms with Gasteiger partial charge in [-0.2, -0.15) is 0 Å². The van der Waals surface area contributed by atoms with Crippen molar-refractivity contribution in [1.82, 2.24) is 0 Å². The lowest BCUT2D eigenvalue weighted by Crippen LogP contribution is -2.28. The number of carbonyl (C=O) groups excluding carboxylic acids is 2. The molecule has 1 fully saturated rings. The van der Waals surface area contributed by atoms with Crippen LogP contribution >= 0.6 is 24.0 Å². The maximum atomic E-state index is 14.2. The van der Waals surface area contributed by atoms with E-state index in [1.807, 2.05) is 6.92 Å². The highest BCUT2D eigenvalue weighted by Crippen LogP contribution is 2.37. The summed E-state index contributed by atoms with van der Waals surface area (Å²) in [5.74, 6) is -0.238. The highest BCUT2D eigenvalue weighted by Gasteiger charge is 2.34. The van der Waals surface area contributed by atoms with Crippen LogP contribution in [0.1, 0.15) is 35.9 Å². The quantitative estimate of drug-likeness (QED) is 0.167. The van der Waals surface area contributed by atoms with E-state index in [0.29, 0.717) is 28.6 Å². The summed E-state index contributed by atoms with van der Waals surface area (Å²) in [4.78, 5) is 26.4. The average Bonchev–Trinajstić information content (AvgIpc) is 3.39. The Kier molecular flexibility index (Phi) is 7.05. The lowest BCUT2D eigenvalue weighted by atomic mass is 10.1. The lowest BCUT2D eigenvalue weighted by Gasteiger charge is -2.14. The standard InChI is InChI=1S/C25H20FNO4S2/c1-2-3-14-30-24(29)17-10-8-16(9-11-17)21-13-12-18(31-21)15-22-23(28)27(25(32)33-22)20-7-5-4-6-19(20)26/h4-13,15H,2-3,14H2,1H3/b22-15+. The van der Waals surface area contributed by atoms with Gasteiger partial charge in [-0.1, -0.05) is 61.6 Å². The first-order valence-corrected chi connectivity index (χ1v) is 11.6. The Morgan fingerprint density at radius 1 is 1.15 bits per heavy atom. The molecule has 0 atom stereocenters. The minimum atomic E-state index is -0.520. The number of halogens is 1. The molecule has 1 aliphatic rings. The fraction of sp³-hybridized carbons (Fsp3) is 0.160. The van der Waals surface area contributed by atoms with Crippen molar-refractivity contribution in [3.05, 3.63) is 82.7 Å². The molecule has 5 nitrogen and oxygen atoms in total. The number of furan rings is 1. The van der Waals surface area contributed by atoms with Crippen LogP contribution in [0.25, 0.3) is 17.4 Å². The Hall–Kier alpha value is -3.23. The number of nitrogens with zero attached hydrogens (tertiary/aromatic N) is 1. The first-order valence-electron chi connectivity index (χ1n) is 10.4. The van der Waals surface area contributed by atoms with Crippen LogP contribution in [0.4, 0.5) is 10.1 Å². The predicted octanol–water partition coefficient (Wildman–Crippen LogP) is 6.45. The number of anilines is 1. The van der Waals surface area contributed by atoms with Crippen molar-refractivity contribution in [1.29, 1.82) is 0 Å². The molecule has 0 saturated carbocycles. The fourth-order valence-corrected chi connectivity index (χ4v) is 4.45. The first kappa shape index (κ1) is 22.9. The molecule has 0 aliphatic carbocycles. The van der Waals surface area contributed by atoms with Gasteiger partial charge in [0, 0.05) is 11.6 Å². The SMILES string of the molecule is CCCCOC(=O)c1ccc(-c2ccc(/C=C3/SC(=S)N(c4ccccc4F)C3=O)o2)cc1. The van der Waals surface area contributed by atoms with Crippen LogP contribution in [-0.2, 0) is 9.53 Å². The topological polar surface area (TPSA) is 59.8 Å². The van der Waals surface area contributed by atoms with Gasteiger partial charge in [-0.25, -0.2) is 9.18 Å². The third-order valence-electron chi connectivity index (χ3n) is 4.92. The number of unbranched alkanes of at least 4 members (excludes halogenated alkanes) is 1. The summed E-state index contributed by atoms with van der Waals surface area (Å²) in [5, 5.41) is 0. The van der Waals surface area contributed by atoms with Gasteiger partial charge < -0.3 is 9.15 Å². The number of esters is 1. The van der Waals surface area contributed by atoms with Crippen molar-refractivity contribution in [2.24, 2.45) is 0 Å². The molecule has 0 unspecified atom stereocenters. The molecule has 4 rings (SSSR count). The molecule has 2 aromatic carbocycles. The number of hydrogen-bond acceptors (Lipinski definition) is 6. The molecule has 1 saturated heterocycles. The third-order valence-corrected chi connectivity index (χ3v) is 6.23. The Morgan fingerprint density at radius 3 is 2.64 bits per heavy atom. The predicted molar refractivity (Wildman–Crippen MR) is 131 cm³/mol. The Labute approximate surface area is 200 Å². The van der Waals surface area contributed by atoms with Gasteiger partial charge >= 0.3 is 5.97 Å². The second-order valence-electron chi connectivity index (χ2n) is 7.24. The molecule has 2 heterocycles. The van der Waals surface area contributed by atoms with Gasteiger partial charge in [0.25, 0.3) is 5.91 Å². The number of thiocarbonyl (C=S) groups is 1. The molecule has 1 aromatic heterocycles. The molecule has 1 amide bonds. The van der Waals surface area contributed by atoms with Gasteiger partial charge in [0.1, 0.15) is 17.3 Å². The zero-order chi connectivity index (χ0) is 23.4.